The predicted molar refractivity (Wildman–Crippen MR) is 384 cm³/mol. The molecule has 1 spiro atoms. The molecule has 616 valence electrons. The van der Waals surface area contributed by atoms with E-state index in [0.717, 1.165) is 14.7 Å². The summed E-state index contributed by atoms with van der Waals surface area (Å²) in [7, 11) is 8.18. The van der Waals surface area contributed by atoms with Gasteiger partial charge in [0.1, 0.15) is 72.1 Å². The average Bonchev–Trinajstić information content (AvgIpc) is 1.75. The first kappa shape index (κ1) is 87.6. The first-order valence-electron chi connectivity index (χ1n) is 39.7. The summed E-state index contributed by atoms with van der Waals surface area (Å²) < 4.78 is 121. The van der Waals surface area contributed by atoms with Gasteiger partial charge in [-0.15, -0.1) is 0 Å². The molecule has 0 aromatic heterocycles. The Kier molecular flexibility index (Phi) is 30.6. The van der Waals surface area contributed by atoms with Gasteiger partial charge in [-0.3, -0.25) is 57.5 Å². The number of alkyl halides is 8. The normalized spacial score (nSPS) is 31.6. The summed E-state index contributed by atoms with van der Waals surface area (Å²) in [5, 5.41) is 8.57. The number of hydrogen-bond donors (Lipinski definition) is 3. The molecule has 33 heteroatoms. The topological polar surface area (TPSA) is 279 Å². The first-order valence-corrected chi connectivity index (χ1v) is 39.7. The van der Waals surface area contributed by atoms with Crippen molar-refractivity contribution in [2.75, 3.05) is 94.8 Å². The number of morpholine rings is 1. The minimum absolute atomic E-state index is 0.0176. The van der Waals surface area contributed by atoms with Crippen molar-refractivity contribution in [2.45, 2.75) is 273 Å². The molecule has 4 saturated heterocycles. The lowest BCUT2D eigenvalue weighted by molar-refractivity contribution is -0.219. The van der Waals surface area contributed by atoms with Crippen LogP contribution in [0.2, 0.25) is 0 Å². The van der Waals surface area contributed by atoms with Gasteiger partial charge in [0.15, 0.2) is 0 Å². The van der Waals surface area contributed by atoms with E-state index < -0.39 is 224 Å². The zero-order chi connectivity index (χ0) is 80.3. The Morgan fingerprint density at radius 3 is 1.73 bits per heavy atom. The predicted octanol–water partition coefficient (Wildman–Crippen LogP) is 6.72. The molecule has 12 amide bonds. The van der Waals surface area contributed by atoms with Crippen molar-refractivity contribution in [1.82, 2.24) is 60.0 Å². The van der Waals surface area contributed by atoms with Gasteiger partial charge in [-0.05, 0) is 152 Å². The van der Waals surface area contributed by atoms with Crippen molar-refractivity contribution < 1.29 is 97.4 Å². The first-order chi connectivity index (χ1) is 51.3. The quantitative estimate of drug-likeness (QED) is 0.171. The second-order valence-corrected chi connectivity index (χ2v) is 32.8. The average molecular weight is 1560 g/mol. The number of amides is 12. The fraction of sp³-hybridized carbons (Fsp3) is 0.842. The van der Waals surface area contributed by atoms with Crippen molar-refractivity contribution in [3.63, 3.8) is 0 Å². The standard InChI is InChI=1S/C76H118F8N12O13/c1-11-48(12-2)63-71(106)89(6)44-61(99)90(7)55-22-15-18-32-96(70(55)105)58(41-46-24-27-50(28-25-46)75(79,80)81)68(103)88(5)43-59(97)85-53(29-26-47-39-51(77)62(52(78)40-47)76(82,83)84)67(102)95-33-19-23-54(95)66(101)87-74(30-16-17-31-74)73(108)93(10)64(49-20-13-14-21-49)72(107)92(9)57(69(104)94-34-36-109-37-35-94)42-60(98)91(8)56(38-45(3)4)65(100)86-63/h45-58,62-64H,11-44H2,1-10H3,(H,85,97)(H,86,100)(H,87,101)/t46?,47?,50?,51?,52?,53-,54-,55-,56-,57-,58-,62?,63-,64-/m0/s1. The monoisotopic (exact) mass is 1560 g/mol. The summed E-state index contributed by atoms with van der Waals surface area (Å²) in [6.45, 7) is 6.22. The van der Waals surface area contributed by atoms with Crippen LogP contribution in [0.15, 0.2) is 0 Å². The fourth-order valence-corrected chi connectivity index (χ4v) is 18.4. The van der Waals surface area contributed by atoms with Gasteiger partial charge in [-0.25, -0.2) is 8.78 Å². The van der Waals surface area contributed by atoms with Crippen molar-refractivity contribution in [2.24, 2.45) is 41.4 Å². The molecule has 4 aliphatic carbocycles. The lowest BCUT2D eigenvalue weighted by Gasteiger charge is -2.42. The van der Waals surface area contributed by atoms with Crippen molar-refractivity contribution >= 4 is 70.9 Å². The zero-order valence-electron chi connectivity index (χ0n) is 65.2. The Morgan fingerprint density at radius 2 is 1.15 bits per heavy atom. The largest absolute Gasteiger partial charge is 0.397 e. The van der Waals surface area contributed by atoms with Gasteiger partial charge in [0.25, 0.3) is 0 Å². The number of rotatable bonds is 12. The van der Waals surface area contributed by atoms with Crippen LogP contribution in [0, 0.1) is 41.4 Å². The summed E-state index contributed by atoms with van der Waals surface area (Å²) >= 11 is 0. The highest BCUT2D eigenvalue weighted by molar-refractivity contribution is 6.01. The maximum absolute atomic E-state index is 15.8. The highest BCUT2D eigenvalue weighted by atomic mass is 19.4. The molecule has 2 unspecified atom stereocenters. The number of carbonyl (C=O) groups is 12. The highest BCUT2D eigenvalue weighted by Gasteiger charge is 2.56. The third kappa shape index (κ3) is 21.2. The van der Waals surface area contributed by atoms with Crippen LogP contribution >= 0.6 is 0 Å². The van der Waals surface area contributed by atoms with Gasteiger partial charge in [-0.1, -0.05) is 66.2 Å². The van der Waals surface area contributed by atoms with E-state index >= 15 is 51.9 Å². The van der Waals surface area contributed by atoms with E-state index in [2.05, 4.69) is 16.0 Å². The van der Waals surface area contributed by atoms with Gasteiger partial charge in [-0.2, -0.15) is 26.3 Å². The highest BCUT2D eigenvalue weighted by Crippen LogP contribution is 2.46. The molecule has 3 N–H and O–H groups in total. The molecule has 0 aromatic carbocycles. The van der Waals surface area contributed by atoms with Crippen LogP contribution in [-0.4, -0.2) is 288 Å². The van der Waals surface area contributed by atoms with Gasteiger partial charge in [0, 0.05) is 68.5 Å². The minimum Gasteiger partial charge on any atom is -0.378 e. The molecule has 2 bridgehead atoms. The maximum Gasteiger partial charge on any atom is 0.397 e. The fourth-order valence-electron chi connectivity index (χ4n) is 18.4. The van der Waals surface area contributed by atoms with Crippen LogP contribution in [0.4, 0.5) is 35.1 Å². The summed E-state index contributed by atoms with van der Waals surface area (Å²) in [6, 6.07) is -11.0. The summed E-state index contributed by atoms with van der Waals surface area (Å²) in [5.41, 5.74) is -1.67. The number of fused-ring (bicyclic) bond motifs is 3. The third-order valence-corrected chi connectivity index (χ3v) is 25.0. The number of halogens is 8. The summed E-state index contributed by atoms with van der Waals surface area (Å²) in [5.74, 6) is -16.3. The molecule has 0 radical (unpaired) electrons. The van der Waals surface area contributed by atoms with E-state index in [4.69, 9.17) is 4.74 Å². The van der Waals surface area contributed by atoms with Crippen LogP contribution in [0.5, 0.6) is 0 Å². The Labute approximate surface area is 635 Å². The molecule has 8 rings (SSSR count). The van der Waals surface area contributed by atoms with Crippen LogP contribution < -0.4 is 16.0 Å². The van der Waals surface area contributed by atoms with E-state index in [1.165, 1.54) is 71.7 Å². The SMILES string of the molecule is CCC(CC)[C@@H]1NC(=O)[C@H](CC(C)C)N(C)C(=O)C[C@@H](C(=O)N2CCOCC2)N(C)C(=O)[C@H](C2CCCC2)N(C)C(=O)C2(CCCC2)NC(=O)[C@@H]2CCCN2C(=O)[C@H](CCC2CC(F)C(C(F)(F)F)C(F)C2)NC(=O)CN(C)C(=O)[C@H](CC2CCC(C(F)(F)F)CC2)N2CCCC[C@@H](C2=O)N(C)C(=O)CN(C)C1=O. The summed E-state index contributed by atoms with van der Waals surface area (Å²) in [6.07, 6.45) is -13.3. The molecular formula is C76H118F8N12O13. The molecule has 4 heterocycles. The van der Waals surface area contributed by atoms with E-state index in [-0.39, 0.29) is 129 Å². The lowest BCUT2D eigenvalue weighted by Crippen LogP contribution is -2.65. The van der Waals surface area contributed by atoms with Gasteiger partial charge < -0.3 is 64.8 Å². The van der Waals surface area contributed by atoms with Gasteiger partial charge in [0.05, 0.1) is 38.6 Å². The Morgan fingerprint density at radius 1 is 0.560 bits per heavy atom. The second kappa shape index (κ2) is 38.0. The molecule has 10 atom stereocenters. The second-order valence-electron chi connectivity index (χ2n) is 32.8. The Balaban J connectivity index is 1.19. The molecular weight excluding hydrogens is 1440 g/mol. The van der Waals surface area contributed by atoms with Crippen molar-refractivity contribution in [1.29, 1.82) is 0 Å². The van der Waals surface area contributed by atoms with E-state index in [9.17, 15) is 40.7 Å². The lowest BCUT2D eigenvalue weighted by atomic mass is 9.76. The third-order valence-electron chi connectivity index (χ3n) is 25.0. The minimum atomic E-state index is -5.20. The Hall–Kier alpha value is -6.96. The molecule has 109 heavy (non-hydrogen) atoms. The number of ether oxygens (including phenoxy) is 1. The molecule has 4 saturated carbocycles. The van der Waals surface area contributed by atoms with Crippen LogP contribution in [-0.2, 0) is 62.3 Å². The number of carbonyl (C=O) groups excluding carboxylic acids is 12. The van der Waals surface area contributed by atoms with E-state index in [1.807, 2.05) is 27.7 Å². The Bertz CT molecular complexity index is 3200. The van der Waals surface area contributed by atoms with Crippen LogP contribution in [0.3, 0.4) is 0 Å². The molecule has 8 aliphatic rings. The van der Waals surface area contributed by atoms with Crippen molar-refractivity contribution in [3.8, 4) is 0 Å². The number of likely N-dealkylation sites (N-methyl/N-ethyl adjacent to an activating group) is 6. The molecule has 25 nitrogen and oxygen atoms in total. The van der Waals surface area contributed by atoms with Crippen LogP contribution in [0.1, 0.15) is 195 Å². The maximum atomic E-state index is 15.8. The number of hydrogen-bond acceptors (Lipinski definition) is 13. The van der Waals surface area contributed by atoms with E-state index in [0.29, 0.717) is 57.8 Å². The van der Waals surface area contributed by atoms with Crippen molar-refractivity contribution in [3.05, 3.63) is 0 Å². The number of nitrogens with zero attached hydrogens (tertiary/aromatic N) is 9. The summed E-state index contributed by atoms with van der Waals surface area (Å²) in [4.78, 5) is 193. The van der Waals surface area contributed by atoms with E-state index in [1.54, 1.807) is 0 Å². The van der Waals surface area contributed by atoms with Crippen LogP contribution in [0.25, 0.3) is 0 Å². The molecule has 8 fully saturated rings. The molecule has 4 aliphatic heterocycles. The van der Waals surface area contributed by atoms with Gasteiger partial charge >= 0.3 is 12.4 Å². The zero-order valence-corrected chi connectivity index (χ0v) is 65.2. The van der Waals surface area contributed by atoms with Gasteiger partial charge in [0.2, 0.25) is 70.9 Å². The number of nitrogens with one attached hydrogen (secondary N) is 3. The molecule has 0 aromatic rings. The smallest absolute Gasteiger partial charge is 0.378 e.